The number of hydrogen-bond donors (Lipinski definition) is 1. The topological polar surface area (TPSA) is 89.0 Å². The molecule has 3 aromatic rings. The molecule has 164 valence electrons. The number of aromatic nitrogens is 1. The average molecular weight is 451 g/mol. The van der Waals surface area contributed by atoms with Gasteiger partial charge in [0.25, 0.3) is 5.78 Å². The second-order valence-electron chi connectivity index (χ2n) is 7.28. The summed E-state index contributed by atoms with van der Waals surface area (Å²) in [5.41, 5.74) is 1.74. The van der Waals surface area contributed by atoms with Crippen molar-refractivity contribution < 1.29 is 24.2 Å². The summed E-state index contributed by atoms with van der Waals surface area (Å²) in [5.74, 6) is -0.689. The summed E-state index contributed by atoms with van der Waals surface area (Å²) in [6, 6.07) is 12.9. The van der Waals surface area contributed by atoms with Crippen molar-refractivity contribution in [2.24, 2.45) is 0 Å². The predicted octanol–water partition coefficient (Wildman–Crippen LogP) is 4.40. The maximum absolute atomic E-state index is 13.2. The highest BCUT2D eigenvalue weighted by atomic mass is 32.1. The Morgan fingerprint density at radius 3 is 2.31 bits per heavy atom. The van der Waals surface area contributed by atoms with E-state index < -0.39 is 17.7 Å². The van der Waals surface area contributed by atoms with Crippen LogP contribution in [0.4, 0.5) is 5.13 Å². The van der Waals surface area contributed by atoms with E-state index in [0.29, 0.717) is 27.8 Å². The van der Waals surface area contributed by atoms with Gasteiger partial charge in [-0.25, -0.2) is 4.98 Å². The van der Waals surface area contributed by atoms with E-state index in [1.807, 2.05) is 13.8 Å². The molecule has 0 aliphatic carbocycles. The Morgan fingerprint density at radius 2 is 1.72 bits per heavy atom. The third-order valence-corrected chi connectivity index (χ3v) is 6.54. The molecule has 1 atom stereocenters. The minimum absolute atomic E-state index is 0.0184. The fraction of sp³-hybridized carbons (Fsp3) is 0.208. The summed E-state index contributed by atoms with van der Waals surface area (Å²) in [5, 5.41) is 11.6. The van der Waals surface area contributed by atoms with E-state index >= 15 is 0 Å². The van der Waals surface area contributed by atoms with Crippen LogP contribution >= 0.6 is 11.3 Å². The molecule has 0 bridgehead atoms. The molecule has 0 radical (unpaired) electrons. The lowest BCUT2D eigenvalue weighted by Crippen LogP contribution is -2.29. The highest BCUT2D eigenvalue weighted by molar-refractivity contribution is 7.16. The summed E-state index contributed by atoms with van der Waals surface area (Å²) in [4.78, 5) is 33.2. The molecule has 4 rings (SSSR count). The van der Waals surface area contributed by atoms with Crippen LogP contribution in [0.2, 0.25) is 0 Å². The third kappa shape index (κ3) is 3.52. The van der Waals surface area contributed by atoms with Gasteiger partial charge in [-0.1, -0.05) is 18.2 Å². The van der Waals surface area contributed by atoms with Gasteiger partial charge in [0, 0.05) is 16.0 Å². The first-order valence-electron chi connectivity index (χ1n) is 9.89. The van der Waals surface area contributed by atoms with Gasteiger partial charge >= 0.3 is 5.91 Å². The zero-order valence-electron chi connectivity index (χ0n) is 18.1. The first-order chi connectivity index (χ1) is 15.4. The summed E-state index contributed by atoms with van der Waals surface area (Å²) >= 11 is 1.32. The summed E-state index contributed by atoms with van der Waals surface area (Å²) in [7, 11) is 3.06. The second-order valence-corrected chi connectivity index (χ2v) is 8.46. The fourth-order valence-corrected chi connectivity index (χ4v) is 4.62. The Balaban J connectivity index is 1.96. The van der Waals surface area contributed by atoms with Gasteiger partial charge < -0.3 is 14.6 Å². The van der Waals surface area contributed by atoms with Crippen LogP contribution in [0.25, 0.3) is 5.76 Å². The van der Waals surface area contributed by atoms with Crippen molar-refractivity contribution in [3.05, 3.63) is 75.8 Å². The number of aryl methyl sites for hydroxylation is 2. The predicted molar refractivity (Wildman–Crippen MR) is 122 cm³/mol. The van der Waals surface area contributed by atoms with Crippen molar-refractivity contribution in [1.82, 2.24) is 4.98 Å². The monoisotopic (exact) mass is 450 g/mol. The molecule has 0 unspecified atom stereocenters. The highest BCUT2D eigenvalue weighted by Crippen LogP contribution is 2.46. The van der Waals surface area contributed by atoms with Gasteiger partial charge in [-0.15, -0.1) is 11.3 Å². The summed E-state index contributed by atoms with van der Waals surface area (Å²) in [6.45, 7) is 3.75. The lowest BCUT2D eigenvalue weighted by atomic mass is 9.94. The van der Waals surface area contributed by atoms with Gasteiger partial charge in [-0.2, -0.15) is 0 Å². The van der Waals surface area contributed by atoms with Crippen molar-refractivity contribution in [1.29, 1.82) is 0 Å². The number of methoxy groups -OCH3 is 2. The zero-order valence-corrected chi connectivity index (χ0v) is 18.9. The van der Waals surface area contributed by atoms with Crippen molar-refractivity contribution in [3.63, 3.8) is 0 Å². The molecular weight excluding hydrogens is 428 g/mol. The largest absolute Gasteiger partial charge is 0.507 e. The van der Waals surface area contributed by atoms with Gasteiger partial charge in [0.2, 0.25) is 0 Å². The van der Waals surface area contributed by atoms with E-state index in [0.717, 1.165) is 10.6 Å². The van der Waals surface area contributed by atoms with E-state index in [2.05, 4.69) is 4.98 Å². The first-order valence-corrected chi connectivity index (χ1v) is 10.7. The van der Waals surface area contributed by atoms with Gasteiger partial charge in [0.05, 0.1) is 25.5 Å². The van der Waals surface area contributed by atoms with Gasteiger partial charge in [0.1, 0.15) is 23.3 Å². The van der Waals surface area contributed by atoms with E-state index in [4.69, 9.17) is 9.47 Å². The minimum Gasteiger partial charge on any atom is -0.507 e. The van der Waals surface area contributed by atoms with Crippen molar-refractivity contribution >= 4 is 33.9 Å². The molecule has 1 aliphatic heterocycles. The number of para-hydroxylation sites is 1. The number of ketones is 1. The normalized spacial score (nSPS) is 17.6. The number of aliphatic hydroxyl groups excluding tert-OH is 1. The molecular formula is C24H22N2O5S. The van der Waals surface area contributed by atoms with E-state index in [9.17, 15) is 14.7 Å². The van der Waals surface area contributed by atoms with E-state index in [1.54, 1.807) is 55.6 Å². The van der Waals surface area contributed by atoms with Crippen LogP contribution < -0.4 is 14.4 Å². The molecule has 1 aromatic heterocycles. The molecule has 1 N–H and O–H groups in total. The van der Waals surface area contributed by atoms with Crippen LogP contribution in [-0.2, 0) is 9.59 Å². The van der Waals surface area contributed by atoms with Crippen LogP contribution in [0, 0.1) is 13.8 Å². The number of rotatable bonds is 5. The number of Topliss-reactive ketones (excluding diaryl/α,β-unsaturated/α-hetero) is 1. The van der Waals surface area contributed by atoms with Crippen molar-refractivity contribution in [2.75, 3.05) is 19.1 Å². The number of aliphatic hydroxyl groups is 1. The van der Waals surface area contributed by atoms with E-state index in [1.165, 1.54) is 23.3 Å². The van der Waals surface area contributed by atoms with Gasteiger partial charge in [-0.05, 0) is 44.2 Å². The lowest BCUT2D eigenvalue weighted by Gasteiger charge is -2.24. The maximum atomic E-state index is 13.2. The molecule has 32 heavy (non-hydrogen) atoms. The fourth-order valence-electron chi connectivity index (χ4n) is 3.68. The number of benzene rings is 2. The first kappa shape index (κ1) is 21.6. The third-order valence-electron chi connectivity index (χ3n) is 5.46. The smallest absolute Gasteiger partial charge is 0.301 e. The molecule has 2 heterocycles. The van der Waals surface area contributed by atoms with Crippen LogP contribution in [-0.4, -0.2) is 36.0 Å². The number of carbonyl (C=O) groups excluding carboxylic acids is 2. The molecule has 2 aromatic carbocycles. The minimum atomic E-state index is -0.891. The Labute approximate surface area is 189 Å². The van der Waals surface area contributed by atoms with Gasteiger partial charge in [0.15, 0.2) is 5.13 Å². The standard InChI is InChI=1S/C24H22N2O5S/c1-13-14(2)32-24(25-13)26-20(17-7-5-6-8-18(17)31-4)19(22(28)23(26)29)21(27)15-9-11-16(30-3)12-10-15/h5-12,20,27H,1-4H3/b21-19+/t20-/m1/s1. The number of anilines is 1. The molecule has 1 fully saturated rings. The number of nitrogens with zero attached hydrogens (tertiary/aromatic N) is 2. The summed E-state index contributed by atoms with van der Waals surface area (Å²) < 4.78 is 10.7. The zero-order chi connectivity index (χ0) is 23.0. The van der Waals surface area contributed by atoms with Crippen molar-refractivity contribution in [2.45, 2.75) is 19.9 Å². The lowest BCUT2D eigenvalue weighted by molar-refractivity contribution is -0.132. The quantitative estimate of drug-likeness (QED) is 0.352. The Morgan fingerprint density at radius 1 is 1.03 bits per heavy atom. The molecule has 0 spiro atoms. The Kier molecular flexibility index (Phi) is 5.71. The average Bonchev–Trinajstić information content (AvgIpc) is 3.28. The van der Waals surface area contributed by atoms with Gasteiger partial charge in [-0.3, -0.25) is 14.5 Å². The molecule has 8 heteroatoms. The molecule has 0 saturated carbocycles. The number of ether oxygens (including phenoxy) is 2. The maximum Gasteiger partial charge on any atom is 0.301 e. The molecule has 7 nitrogen and oxygen atoms in total. The number of thiazole rings is 1. The number of hydrogen-bond acceptors (Lipinski definition) is 7. The van der Waals surface area contributed by atoms with Crippen LogP contribution in [0.3, 0.4) is 0 Å². The van der Waals surface area contributed by atoms with Crippen LogP contribution in [0.15, 0.2) is 54.1 Å². The number of amides is 1. The van der Waals surface area contributed by atoms with E-state index in [-0.39, 0.29) is 11.3 Å². The van der Waals surface area contributed by atoms with Crippen LogP contribution in [0.5, 0.6) is 11.5 Å². The molecule has 1 saturated heterocycles. The molecule has 1 aliphatic rings. The highest BCUT2D eigenvalue weighted by Gasteiger charge is 2.49. The number of carbonyl (C=O) groups is 2. The van der Waals surface area contributed by atoms with Crippen LogP contribution in [0.1, 0.15) is 27.7 Å². The Bertz CT molecular complexity index is 1210. The second kappa shape index (κ2) is 8.47. The summed E-state index contributed by atoms with van der Waals surface area (Å²) in [6.07, 6.45) is 0. The SMILES string of the molecule is COc1ccc(/C(O)=C2\C(=O)C(=O)N(c3nc(C)c(C)s3)[C@@H]2c2ccccc2OC)cc1. The van der Waals surface area contributed by atoms with Crippen molar-refractivity contribution in [3.8, 4) is 11.5 Å². The molecule has 1 amide bonds. The Hall–Kier alpha value is -3.65.